The molecular formula is C17H34O2. The van der Waals surface area contributed by atoms with Gasteiger partial charge in [-0.25, -0.2) is 0 Å². The van der Waals surface area contributed by atoms with Crippen LogP contribution in [0.15, 0.2) is 0 Å². The maximum absolute atomic E-state index is 9.48. The normalized spacial score (nSPS) is 23.1. The predicted octanol–water partition coefficient (Wildman–Crippen LogP) is 4.70. The van der Waals surface area contributed by atoms with Crippen molar-refractivity contribution >= 4 is 0 Å². The smallest absolute Gasteiger partial charge is 0.0545 e. The summed E-state index contributed by atoms with van der Waals surface area (Å²) in [7, 11) is 0. The van der Waals surface area contributed by atoms with Gasteiger partial charge in [0, 0.05) is 12.0 Å². The van der Waals surface area contributed by atoms with Gasteiger partial charge in [-0.05, 0) is 12.8 Å². The molecule has 0 aromatic heterocycles. The van der Waals surface area contributed by atoms with Crippen LogP contribution in [0, 0.1) is 5.41 Å². The molecule has 1 saturated heterocycles. The van der Waals surface area contributed by atoms with E-state index in [0.717, 1.165) is 26.1 Å². The molecule has 0 aliphatic carbocycles. The monoisotopic (exact) mass is 270 g/mol. The number of hydrogen-bond donors (Lipinski definition) is 1. The van der Waals surface area contributed by atoms with Crippen molar-refractivity contribution in [2.45, 2.75) is 84.0 Å². The Hall–Kier alpha value is -0.0800. The lowest BCUT2D eigenvalue weighted by atomic mass is 9.83. The number of aliphatic hydroxyl groups excluding tert-OH is 1. The minimum Gasteiger partial charge on any atom is -0.396 e. The average Bonchev–Trinajstić information content (AvgIpc) is 2.90. The van der Waals surface area contributed by atoms with Crippen molar-refractivity contribution in [1.29, 1.82) is 0 Å². The van der Waals surface area contributed by atoms with Gasteiger partial charge in [0.1, 0.15) is 0 Å². The summed E-state index contributed by atoms with van der Waals surface area (Å²) in [5.74, 6) is 0. The van der Waals surface area contributed by atoms with Crippen LogP contribution < -0.4 is 0 Å². The van der Waals surface area contributed by atoms with E-state index in [1.165, 1.54) is 64.2 Å². The van der Waals surface area contributed by atoms with Crippen molar-refractivity contribution in [3.05, 3.63) is 0 Å². The van der Waals surface area contributed by atoms with Gasteiger partial charge >= 0.3 is 0 Å². The summed E-state index contributed by atoms with van der Waals surface area (Å²) in [5, 5.41) is 9.48. The first-order valence-corrected chi connectivity index (χ1v) is 8.51. The molecule has 1 rings (SSSR count). The number of hydrogen-bond acceptors (Lipinski definition) is 2. The van der Waals surface area contributed by atoms with Crippen LogP contribution in [0.25, 0.3) is 0 Å². The summed E-state index contributed by atoms with van der Waals surface area (Å²) in [6.45, 7) is 4.21. The van der Waals surface area contributed by atoms with Crippen LogP contribution in [0.1, 0.15) is 84.0 Å². The van der Waals surface area contributed by atoms with Gasteiger partial charge in [-0.15, -0.1) is 0 Å². The number of ether oxygens (including phenoxy) is 1. The molecule has 19 heavy (non-hydrogen) atoms. The molecule has 1 fully saturated rings. The second-order valence-corrected chi connectivity index (χ2v) is 6.39. The number of aliphatic hydroxyl groups is 1. The Balaban J connectivity index is 1.85. The summed E-state index contributed by atoms with van der Waals surface area (Å²) in [6.07, 6.45) is 16.0. The summed E-state index contributed by atoms with van der Waals surface area (Å²) in [4.78, 5) is 0. The summed E-state index contributed by atoms with van der Waals surface area (Å²) in [6, 6.07) is 0. The predicted molar refractivity (Wildman–Crippen MR) is 81.4 cm³/mol. The van der Waals surface area contributed by atoms with Crippen LogP contribution in [0.2, 0.25) is 0 Å². The Kier molecular flexibility index (Phi) is 9.54. The largest absolute Gasteiger partial charge is 0.396 e. The highest BCUT2D eigenvalue weighted by Crippen LogP contribution is 2.33. The van der Waals surface area contributed by atoms with E-state index in [9.17, 15) is 5.11 Å². The van der Waals surface area contributed by atoms with E-state index >= 15 is 0 Å². The molecule has 0 aromatic carbocycles. The van der Waals surface area contributed by atoms with Crippen molar-refractivity contribution in [3.8, 4) is 0 Å². The summed E-state index contributed by atoms with van der Waals surface area (Å²) >= 11 is 0. The van der Waals surface area contributed by atoms with Crippen LogP contribution in [0.3, 0.4) is 0 Å². The Morgan fingerprint density at radius 2 is 1.47 bits per heavy atom. The standard InChI is InChI=1S/C17H34O2/c1-2-3-4-5-6-7-8-9-10-11-12-17(15-18)13-14-19-16-17/h18H,2-16H2,1H3. The Bertz CT molecular complexity index is 197. The molecule has 1 unspecified atom stereocenters. The highest BCUT2D eigenvalue weighted by atomic mass is 16.5. The molecule has 0 spiro atoms. The highest BCUT2D eigenvalue weighted by molar-refractivity contribution is 4.82. The lowest BCUT2D eigenvalue weighted by molar-refractivity contribution is 0.0842. The van der Waals surface area contributed by atoms with E-state index in [-0.39, 0.29) is 5.41 Å². The van der Waals surface area contributed by atoms with E-state index in [2.05, 4.69) is 6.92 Å². The molecule has 2 nitrogen and oxygen atoms in total. The van der Waals surface area contributed by atoms with Crippen LogP contribution in [-0.4, -0.2) is 24.9 Å². The van der Waals surface area contributed by atoms with Crippen molar-refractivity contribution < 1.29 is 9.84 Å². The molecule has 0 amide bonds. The van der Waals surface area contributed by atoms with Crippen molar-refractivity contribution in [2.75, 3.05) is 19.8 Å². The fourth-order valence-corrected chi connectivity index (χ4v) is 3.04. The maximum atomic E-state index is 9.48. The minimum absolute atomic E-state index is 0.111. The second kappa shape index (κ2) is 10.7. The Morgan fingerprint density at radius 1 is 0.895 bits per heavy atom. The first kappa shape index (κ1) is 17.0. The topological polar surface area (TPSA) is 29.5 Å². The molecular weight excluding hydrogens is 236 g/mol. The van der Waals surface area contributed by atoms with Gasteiger partial charge in [0.15, 0.2) is 0 Å². The van der Waals surface area contributed by atoms with Gasteiger partial charge in [-0.2, -0.15) is 0 Å². The minimum atomic E-state index is 0.111. The fourth-order valence-electron chi connectivity index (χ4n) is 3.04. The van der Waals surface area contributed by atoms with Gasteiger partial charge in [-0.1, -0.05) is 71.1 Å². The quantitative estimate of drug-likeness (QED) is 0.521. The zero-order chi connectivity index (χ0) is 13.8. The molecule has 0 bridgehead atoms. The molecule has 1 atom stereocenters. The van der Waals surface area contributed by atoms with Gasteiger partial charge in [0.05, 0.1) is 13.2 Å². The molecule has 1 aliphatic rings. The SMILES string of the molecule is CCCCCCCCCCCCC1(CO)CCOC1. The van der Waals surface area contributed by atoms with Crippen molar-refractivity contribution in [2.24, 2.45) is 5.41 Å². The molecule has 0 saturated carbocycles. The molecule has 1 aliphatic heterocycles. The van der Waals surface area contributed by atoms with Gasteiger partial charge in [0.2, 0.25) is 0 Å². The first-order valence-electron chi connectivity index (χ1n) is 8.51. The molecule has 0 radical (unpaired) electrons. The third-order valence-corrected chi connectivity index (χ3v) is 4.58. The van der Waals surface area contributed by atoms with Gasteiger partial charge in [0.25, 0.3) is 0 Å². The second-order valence-electron chi connectivity index (χ2n) is 6.39. The van der Waals surface area contributed by atoms with Crippen LogP contribution in [0.4, 0.5) is 0 Å². The Labute approximate surface area is 119 Å². The molecule has 2 heteroatoms. The van der Waals surface area contributed by atoms with Crippen LogP contribution in [-0.2, 0) is 4.74 Å². The van der Waals surface area contributed by atoms with Crippen LogP contribution in [0.5, 0.6) is 0 Å². The molecule has 114 valence electrons. The first-order chi connectivity index (χ1) is 9.33. The lowest BCUT2D eigenvalue weighted by Gasteiger charge is -2.24. The summed E-state index contributed by atoms with van der Waals surface area (Å²) in [5.41, 5.74) is 0.111. The molecule has 1 heterocycles. The summed E-state index contributed by atoms with van der Waals surface area (Å²) < 4.78 is 5.43. The van der Waals surface area contributed by atoms with E-state index in [4.69, 9.17) is 4.74 Å². The van der Waals surface area contributed by atoms with Gasteiger partial charge < -0.3 is 9.84 Å². The van der Waals surface area contributed by atoms with E-state index < -0.39 is 0 Å². The third-order valence-electron chi connectivity index (χ3n) is 4.58. The fraction of sp³-hybridized carbons (Fsp3) is 1.00. The van der Waals surface area contributed by atoms with E-state index in [0.29, 0.717) is 6.61 Å². The number of rotatable bonds is 12. The number of unbranched alkanes of at least 4 members (excludes halogenated alkanes) is 9. The molecule has 0 aromatic rings. The highest BCUT2D eigenvalue weighted by Gasteiger charge is 2.33. The van der Waals surface area contributed by atoms with Gasteiger partial charge in [-0.3, -0.25) is 0 Å². The zero-order valence-electron chi connectivity index (χ0n) is 13.0. The zero-order valence-corrected chi connectivity index (χ0v) is 13.0. The maximum Gasteiger partial charge on any atom is 0.0545 e. The van der Waals surface area contributed by atoms with Crippen molar-refractivity contribution in [3.63, 3.8) is 0 Å². The average molecular weight is 270 g/mol. The third kappa shape index (κ3) is 7.31. The van der Waals surface area contributed by atoms with Crippen LogP contribution >= 0.6 is 0 Å². The lowest BCUT2D eigenvalue weighted by Crippen LogP contribution is -2.25. The van der Waals surface area contributed by atoms with E-state index in [1.54, 1.807) is 0 Å². The van der Waals surface area contributed by atoms with E-state index in [1.807, 2.05) is 0 Å². The molecule has 1 N–H and O–H groups in total. The Morgan fingerprint density at radius 3 is 1.95 bits per heavy atom. The van der Waals surface area contributed by atoms with Crippen molar-refractivity contribution in [1.82, 2.24) is 0 Å².